The summed E-state index contributed by atoms with van der Waals surface area (Å²) in [4.78, 5) is 25.0. The van der Waals surface area contributed by atoms with Crippen molar-refractivity contribution in [2.24, 2.45) is 0 Å². The number of aryl methyl sites for hydroxylation is 1. The molecule has 2 amide bonds. The van der Waals surface area contributed by atoms with Crippen molar-refractivity contribution >= 4 is 29.7 Å². The number of H-pyrrole nitrogens is 1. The molecule has 8 heteroatoms. The van der Waals surface area contributed by atoms with Gasteiger partial charge in [0.15, 0.2) is 10.6 Å². The number of aromatic nitrogens is 3. The SMILES string of the molecule is Cc1ccc(-c2n[nH]c(=S)n2CCC(=O)Nc2ccccc2C(=O)NC(C)C)cc1. The Kier molecular flexibility index (Phi) is 6.79. The first-order valence-electron chi connectivity index (χ1n) is 9.77. The highest BCUT2D eigenvalue weighted by Gasteiger charge is 2.15. The Morgan fingerprint density at radius 1 is 1.13 bits per heavy atom. The van der Waals surface area contributed by atoms with E-state index in [1.807, 2.05) is 45.0 Å². The van der Waals surface area contributed by atoms with E-state index in [1.165, 1.54) is 0 Å². The zero-order valence-electron chi connectivity index (χ0n) is 17.2. The summed E-state index contributed by atoms with van der Waals surface area (Å²) >= 11 is 5.34. The Hall–Kier alpha value is -3.26. The van der Waals surface area contributed by atoms with E-state index in [9.17, 15) is 9.59 Å². The number of rotatable bonds is 7. The number of anilines is 1. The fourth-order valence-electron chi connectivity index (χ4n) is 3.00. The zero-order chi connectivity index (χ0) is 21.7. The first kappa shape index (κ1) is 21.4. The summed E-state index contributed by atoms with van der Waals surface area (Å²) in [7, 11) is 0. The summed E-state index contributed by atoms with van der Waals surface area (Å²) < 4.78 is 2.26. The largest absolute Gasteiger partial charge is 0.350 e. The molecule has 3 rings (SSSR count). The molecule has 1 aromatic heterocycles. The third kappa shape index (κ3) is 5.21. The van der Waals surface area contributed by atoms with Crippen LogP contribution in [0.15, 0.2) is 48.5 Å². The number of amides is 2. The van der Waals surface area contributed by atoms with Crippen LogP contribution in [0.1, 0.15) is 36.2 Å². The van der Waals surface area contributed by atoms with E-state index in [4.69, 9.17) is 12.2 Å². The van der Waals surface area contributed by atoms with Crippen molar-refractivity contribution in [2.45, 2.75) is 39.8 Å². The first-order chi connectivity index (χ1) is 14.3. The minimum Gasteiger partial charge on any atom is -0.350 e. The van der Waals surface area contributed by atoms with Gasteiger partial charge in [-0.15, -0.1) is 0 Å². The summed E-state index contributed by atoms with van der Waals surface area (Å²) in [6.45, 7) is 6.16. The van der Waals surface area contributed by atoms with Gasteiger partial charge in [0.2, 0.25) is 5.91 Å². The van der Waals surface area contributed by atoms with Crippen LogP contribution in [0.2, 0.25) is 0 Å². The number of carbonyl (C=O) groups is 2. The highest BCUT2D eigenvalue weighted by atomic mass is 32.1. The van der Waals surface area contributed by atoms with Crippen LogP contribution >= 0.6 is 12.2 Å². The van der Waals surface area contributed by atoms with E-state index in [0.717, 1.165) is 11.1 Å². The standard InChI is InChI=1S/C22H25N5O2S/c1-14(2)23-21(29)17-6-4-5-7-18(17)24-19(28)12-13-27-20(25-26-22(27)30)16-10-8-15(3)9-11-16/h4-11,14H,12-13H2,1-3H3,(H,23,29)(H,24,28)(H,26,30). The molecule has 3 N–H and O–H groups in total. The number of nitrogens with zero attached hydrogens (tertiary/aromatic N) is 2. The average Bonchev–Trinajstić information content (AvgIpc) is 3.07. The number of aromatic amines is 1. The topological polar surface area (TPSA) is 91.8 Å². The fourth-order valence-corrected chi connectivity index (χ4v) is 3.23. The van der Waals surface area contributed by atoms with Gasteiger partial charge in [-0.2, -0.15) is 5.10 Å². The van der Waals surface area contributed by atoms with Crippen molar-refractivity contribution in [2.75, 3.05) is 5.32 Å². The van der Waals surface area contributed by atoms with Gasteiger partial charge in [0, 0.05) is 24.6 Å². The smallest absolute Gasteiger partial charge is 0.253 e. The van der Waals surface area contributed by atoms with E-state index >= 15 is 0 Å². The van der Waals surface area contributed by atoms with Crippen molar-refractivity contribution in [1.29, 1.82) is 0 Å². The Morgan fingerprint density at radius 3 is 2.53 bits per heavy atom. The lowest BCUT2D eigenvalue weighted by Crippen LogP contribution is -2.31. The summed E-state index contributed by atoms with van der Waals surface area (Å²) in [5.74, 6) is 0.252. The maximum atomic E-state index is 12.6. The second-order valence-corrected chi connectivity index (χ2v) is 7.73. The molecule has 0 bridgehead atoms. The molecule has 7 nitrogen and oxygen atoms in total. The number of benzene rings is 2. The van der Waals surface area contributed by atoms with Crippen LogP contribution in [-0.4, -0.2) is 32.6 Å². The van der Waals surface area contributed by atoms with Gasteiger partial charge in [-0.1, -0.05) is 42.0 Å². The summed E-state index contributed by atoms with van der Waals surface area (Å²) in [6.07, 6.45) is 0.187. The predicted molar refractivity (Wildman–Crippen MR) is 120 cm³/mol. The Balaban J connectivity index is 1.71. The molecular formula is C22H25N5O2S. The van der Waals surface area contributed by atoms with Crippen LogP contribution in [0.5, 0.6) is 0 Å². The first-order valence-corrected chi connectivity index (χ1v) is 10.2. The molecule has 0 radical (unpaired) electrons. The highest BCUT2D eigenvalue weighted by molar-refractivity contribution is 7.71. The van der Waals surface area contributed by atoms with Crippen LogP contribution in [-0.2, 0) is 11.3 Å². The molecule has 0 aliphatic heterocycles. The van der Waals surface area contributed by atoms with E-state index in [-0.39, 0.29) is 24.3 Å². The molecular weight excluding hydrogens is 398 g/mol. The molecule has 0 atom stereocenters. The Bertz CT molecular complexity index is 1100. The second-order valence-electron chi connectivity index (χ2n) is 7.34. The van der Waals surface area contributed by atoms with E-state index < -0.39 is 0 Å². The lowest BCUT2D eigenvalue weighted by atomic mass is 10.1. The van der Waals surface area contributed by atoms with Crippen molar-refractivity contribution in [3.63, 3.8) is 0 Å². The molecule has 0 saturated carbocycles. The number of hydrogen-bond acceptors (Lipinski definition) is 4. The van der Waals surface area contributed by atoms with Gasteiger partial charge in [-0.3, -0.25) is 19.3 Å². The van der Waals surface area contributed by atoms with Crippen LogP contribution in [0.3, 0.4) is 0 Å². The summed E-state index contributed by atoms with van der Waals surface area (Å²) in [5, 5.41) is 12.8. The molecule has 1 heterocycles. The molecule has 2 aromatic carbocycles. The Labute approximate surface area is 180 Å². The molecule has 0 aliphatic rings. The second kappa shape index (κ2) is 9.49. The molecule has 3 aromatic rings. The van der Waals surface area contributed by atoms with E-state index in [2.05, 4.69) is 20.8 Å². The van der Waals surface area contributed by atoms with Gasteiger partial charge in [-0.05, 0) is 45.1 Å². The van der Waals surface area contributed by atoms with E-state index in [0.29, 0.717) is 28.4 Å². The lowest BCUT2D eigenvalue weighted by Gasteiger charge is -2.13. The third-order valence-corrected chi connectivity index (χ3v) is 4.81. The van der Waals surface area contributed by atoms with Crippen LogP contribution < -0.4 is 10.6 Å². The van der Waals surface area contributed by atoms with Crippen molar-refractivity contribution < 1.29 is 9.59 Å². The lowest BCUT2D eigenvalue weighted by molar-refractivity contribution is -0.116. The number of nitrogens with one attached hydrogen (secondary N) is 3. The minimum absolute atomic E-state index is 0.00409. The maximum Gasteiger partial charge on any atom is 0.253 e. The molecule has 30 heavy (non-hydrogen) atoms. The predicted octanol–water partition coefficient (Wildman–Crippen LogP) is 4.08. The quantitative estimate of drug-likeness (QED) is 0.499. The van der Waals surface area contributed by atoms with Gasteiger partial charge in [0.25, 0.3) is 5.91 Å². The van der Waals surface area contributed by atoms with Gasteiger partial charge >= 0.3 is 0 Å². The van der Waals surface area contributed by atoms with Gasteiger partial charge < -0.3 is 10.6 Å². The number of para-hydroxylation sites is 1. The van der Waals surface area contributed by atoms with Gasteiger partial charge in [-0.25, -0.2) is 0 Å². The van der Waals surface area contributed by atoms with Crippen molar-refractivity contribution in [3.8, 4) is 11.4 Å². The van der Waals surface area contributed by atoms with Crippen LogP contribution in [0, 0.1) is 11.7 Å². The Morgan fingerprint density at radius 2 is 1.83 bits per heavy atom. The number of hydrogen-bond donors (Lipinski definition) is 3. The van der Waals surface area contributed by atoms with Crippen molar-refractivity contribution in [1.82, 2.24) is 20.1 Å². The molecule has 156 valence electrons. The van der Waals surface area contributed by atoms with Crippen LogP contribution in [0.4, 0.5) is 5.69 Å². The summed E-state index contributed by atoms with van der Waals surface area (Å²) in [5.41, 5.74) is 2.98. The van der Waals surface area contributed by atoms with Gasteiger partial charge in [0.05, 0.1) is 11.3 Å². The molecule has 0 spiro atoms. The molecule has 0 unspecified atom stereocenters. The third-order valence-electron chi connectivity index (χ3n) is 4.50. The monoisotopic (exact) mass is 423 g/mol. The van der Waals surface area contributed by atoms with Crippen molar-refractivity contribution in [3.05, 3.63) is 64.4 Å². The maximum absolute atomic E-state index is 12.6. The molecule has 0 aliphatic carbocycles. The summed E-state index contributed by atoms with van der Waals surface area (Å²) in [6, 6.07) is 14.9. The normalized spacial score (nSPS) is 10.8. The average molecular weight is 424 g/mol. The zero-order valence-corrected chi connectivity index (χ0v) is 18.0. The van der Waals surface area contributed by atoms with Gasteiger partial charge in [0.1, 0.15) is 0 Å². The highest BCUT2D eigenvalue weighted by Crippen LogP contribution is 2.19. The number of carbonyl (C=O) groups excluding carboxylic acids is 2. The molecule has 0 fully saturated rings. The minimum atomic E-state index is -0.223. The molecule has 0 saturated heterocycles. The fraction of sp³-hybridized carbons (Fsp3) is 0.273. The van der Waals surface area contributed by atoms with E-state index in [1.54, 1.807) is 28.8 Å². The van der Waals surface area contributed by atoms with Crippen LogP contribution in [0.25, 0.3) is 11.4 Å².